The molecule has 0 heterocycles. The Kier molecular flexibility index (Phi) is 9.22. The summed E-state index contributed by atoms with van der Waals surface area (Å²) < 4.78 is 0. The SMILES string of the molecule is C=C.CC(C)CCCC(C)C1CCC2C3C(CC[C@]12C)[C@@](C)(CCC(=O)O)C(=O)C[C@@H]3C. The van der Waals surface area contributed by atoms with Crippen molar-refractivity contribution in [3.8, 4) is 0 Å². The van der Waals surface area contributed by atoms with Gasteiger partial charge in [0.25, 0.3) is 0 Å². The lowest BCUT2D eigenvalue weighted by atomic mass is 9.45. The standard InChI is InChI=1S/C27H46O3.C2H4/c1-17(2)8-7-9-18(3)20-10-11-21-25-19(4)16-23(28)27(6,15-13-24(29)30)22(25)12-14-26(20,21)5;1-2/h17-22,25H,7-16H2,1-6H3,(H,29,30);1-2H2/t18?,19-,20?,21?,22?,25?,26+,27+;/m0./s1. The second-order valence-corrected chi connectivity index (χ2v) is 12.2. The van der Waals surface area contributed by atoms with E-state index in [1.54, 1.807) is 0 Å². The van der Waals surface area contributed by atoms with Crippen molar-refractivity contribution in [3.63, 3.8) is 0 Å². The summed E-state index contributed by atoms with van der Waals surface area (Å²) in [6.45, 7) is 20.1. The molecule has 3 rings (SSSR count). The maximum absolute atomic E-state index is 13.1. The van der Waals surface area contributed by atoms with Crippen LogP contribution in [0.3, 0.4) is 0 Å². The van der Waals surface area contributed by atoms with Crippen molar-refractivity contribution in [1.82, 2.24) is 0 Å². The van der Waals surface area contributed by atoms with Gasteiger partial charge in [-0.05, 0) is 78.9 Å². The highest BCUT2D eigenvalue weighted by atomic mass is 16.4. The first-order valence-electron chi connectivity index (χ1n) is 13.3. The van der Waals surface area contributed by atoms with E-state index >= 15 is 0 Å². The Balaban J connectivity index is 0.00000176. The topological polar surface area (TPSA) is 54.4 Å². The minimum atomic E-state index is -0.768. The summed E-state index contributed by atoms with van der Waals surface area (Å²) >= 11 is 0. The number of hydrogen-bond acceptors (Lipinski definition) is 2. The van der Waals surface area contributed by atoms with E-state index in [2.05, 4.69) is 54.7 Å². The fourth-order valence-corrected chi connectivity index (χ4v) is 8.32. The lowest BCUT2D eigenvalue weighted by Crippen LogP contribution is -2.55. The van der Waals surface area contributed by atoms with Gasteiger partial charge in [-0.15, -0.1) is 13.2 Å². The van der Waals surface area contributed by atoms with Gasteiger partial charge in [-0.25, -0.2) is 0 Å². The van der Waals surface area contributed by atoms with Crippen LogP contribution in [-0.4, -0.2) is 16.9 Å². The number of carbonyl (C=O) groups excluding carboxylic acids is 1. The van der Waals surface area contributed by atoms with Crippen LogP contribution >= 0.6 is 0 Å². The molecule has 3 heteroatoms. The van der Waals surface area contributed by atoms with E-state index < -0.39 is 11.4 Å². The zero-order chi connectivity index (χ0) is 24.3. The predicted octanol–water partition coefficient (Wildman–Crippen LogP) is 7.79. The third-order valence-electron chi connectivity index (χ3n) is 10.0. The lowest BCUT2D eigenvalue weighted by molar-refractivity contribution is -0.154. The molecule has 0 saturated heterocycles. The predicted molar refractivity (Wildman–Crippen MR) is 133 cm³/mol. The zero-order valence-corrected chi connectivity index (χ0v) is 21.8. The van der Waals surface area contributed by atoms with Crippen LogP contribution < -0.4 is 0 Å². The molecule has 0 radical (unpaired) electrons. The van der Waals surface area contributed by atoms with E-state index in [4.69, 9.17) is 0 Å². The maximum atomic E-state index is 13.1. The van der Waals surface area contributed by atoms with Gasteiger partial charge >= 0.3 is 5.97 Å². The van der Waals surface area contributed by atoms with E-state index in [9.17, 15) is 14.7 Å². The van der Waals surface area contributed by atoms with Gasteiger partial charge in [0.2, 0.25) is 0 Å². The molecule has 0 aromatic rings. The number of carboxylic acid groups (broad SMARTS) is 1. The molecule has 1 N–H and O–H groups in total. The number of ketones is 1. The van der Waals surface area contributed by atoms with E-state index in [-0.39, 0.29) is 6.42 Å². The number of fused-ring (bicyclic) bond motifs is 3. The van der Waals surface area contributed by atoms with Crippen LogP contribution in [-0.2, 0) is 9.59 Å². The van der Waals surface area contributed by atoms with Crippen LogP contribution in [0.4, 0.5) is 0 Å². The van der Waals surface area contributed by atoms with Crippen LogP contribution in [0.25, 0.3) is 0 Å². The third kappa shape index (κ3) is 5.17. The molecule has 0 amide bonds. The summed E-state index contributed by atoms with van der Waals surface area (Å²) in [6, 6.07) is 0. The van der Waals surface area contributed by atoms with Crippen LogP contribution in [0.15, 0.2) is 13.2 Å². The molecule has 0 aromatic heterocycles. The number of hydrogen-bond donors (Lipinski definition) is 1. The highest BCUT2D eigenvalue weighted by molar-refractivity contribution is 5.86. The molecule has 32 heavy (non-hydrogen) atoms. The largest absolute Gasteiger partial charge is 0.481 e. The average Bonchev–Trinajstić information content (AvgIpc) is 3.08. The summed E-state index contributed by atoms with van der Waals surface area (Å²) in [4.78, 5) is 24.4. The summed E-state index contributed by atoms with van der Waals surface area (Å²) in [5.41, 5.74) is -0.0291. The monoisotopic (exact) mass is 446 g/mol. The molecule has 0 bridgehead atoms. The second-order valence-electron chi connectivity index (χ2n) is 12.2. The number of Topliss-reactive ketones (excluding diaryl/α,β-unsaturated/α-hetero) is 1. The van der Waals surface area contributed by atoms with Gasteiger partial charge in [-0.3, -0.25) is 9.59 Å². The molecule has 3 nitrogen and oxygen atoms in total. The van der Waals surface area contributed by atoms with Crippen LogP contribution in [0.2, 0.25) is 0 Å². The highest BCUT2D eigenvalue weighted by Crippen LogP contribution is 2.66. The molecule has 184 valence electrons. The van der Waals surface area contributed by atoms with Crippen molar-refractivity contribution in [2.75, 3.05) is 0 Å². The molecule has 3 fully saturated rings. The number of aliphatic carboxylic acids is 1. The van der Waals surface area contributed by atoms with Gasteiger partial charge in [0, 0.05) is 18.3 Å². The van der Waals surface area contributed by atoms with Gasteiger partial charge in [0.05, 0.1) is 0 Å². The highest BCUT2D eigenvalue weighted by Gasteiger charge is 2.61. The normalized spacial score (nSPS) is 39.6. The van der Waals surface area contributed by atoms with Crippen molar-refractivity contribution in [2.24, 2.45) is 52.3 Å². The summed E-state index contributed by atoms with van der Waals surface area (Å²) in [5, 5.41) is 9.27. The number of carbonyl (C=O) groups is 2. The smallest absolute Gasteiger partial charge is 0.303 e. The molecule has 3 aliphatic rings. The zero-order valence-electron chi connectivity index (χ0n) is 21.8. The molecule has 0 spiro atoms. The molecule has 3 aliphatic carbocycles. The maximum Gasteiger partial charge on any atom is 0.303 e. The van der Waals surface area contributed by atoms with E-state index in [1.807, 2.05) is 0 Å². The fourth-order valence-electron chi connectivity index (χ4n) is 8.32. The lowest BCUT2D eigenvalue weighted by Gasteiger charge is -2.58. The Morgan fingerprint density at radius 1 is 1.09 bits per heavy atom. The van der Waals surface area contributed by atoms with Gasteiger partial charge in [0.15, 0.2) is 0 Å². The van der Waals surface area contributed by atoms with Crippen molar-refractivity contribution in [2.45, 2.75) is 106 Å². The Labute approximate surface area is 197 Å². The van der Waals surface area contributed by atoms with Crippen molar-refractivity contribution in [3.05, 3.63) is 13.2 Å². The molecule has 8 atom stereocenters. The molecule has 0 aliphatic heterocycles. The van der Waals surface area contributed by atoms with E-state index in [1.165, 1.54) is 38.5 Å². The van der Waals surface area contributed by atoms with Crippen molar-refractivity contribution >= 4 is 11.8 Å². The third-order valence-corrected chi connectivity index (χ3v) is 10.0. The van der Waals surface area contributed by atoms with Gasteiger partial charge in [-0.1, -0.05) is 60.8 Å². The summed E-state index contributed by atoms with van der Waals surface area (Å²) in [6.07, 6.45) is 10.3. The summed E-state index contributed by atoms with van der Waals surface area (Å²) in [7, 11) is 0. The Morgan fingerprint density at radius 3 is 2.34 bits per heavy atom. The average molecular weight is 447 g/mol. The molecule has 0 aromatic carbocycles. The van der Waals surface area contributed by atoms with Crippen LogP contribution in [0.1, 0.15) is 106 Å². The minimum Gasteiger partial charge on any atom is -0.481 e. The Hall–Kier alpha value is -1.12. The van der Waals surface area contributed by atoms with Gasteiger partial charge < -0.3 is 5.11 Å². The quantitative estimate of drug-likeness (QED) is 0.387. The number of carboxylic acids is 1. The fraction of sp³-hybridized carbons (Fsp3) is 0.862. The number of rotatable bonds is 8. The molecular formula is C29H50O3. The van der Waals surface area contributed by atoms with E-state index in [0.717, 1.165) is 24.2 Å². The van der Waals surface area contributed by atoms with Crippen LogP contribution in [0, 0.1) is 52.3 Å². The molecule has 3 saturated carbocycles. The molecule has 5 unspecified atom stereocenters. The molecular weight excluding hydrogens is 396 g/mol. The van der Waals surface area contributed by atoms with Gasteiger partial charge in [-0.2, -0.15) is 0 Å². The first-order chi connectivity index (χ1) is 15.0. The minimum absolute atomic E-state index is 0.122. The first kappa shape index (κ1) is 27.1. The first-order valence-corrected chi connectivity index (χ1v) is 13.3. The van der Waals surface area contributed by atoms with Gasteiger partial charge in [0.1, 0.15) is 5.78 Å². The van der Waals surface area contributed by atoms with Crippen molar-refractivity contribution in [1.29, 1.82) is 0 Å². The Morgan fingerprint density at radius 2 is 1.75 bits per heavy atom. The Bertz CT molecular complexity index is 655. The van der Waals surface area contributed by atoms with Crippen molar-refractivity contribution < 1.29 is 14.7 Å². The second kappa shape index (κ2) is 10.9. The van der Waals surface area contributed by atoms with Crippen LogP contribution in [0.5, 0.6) is 0 Å². The van der Waals surface area contributed by atoms with E-state index in [0.29, 0.717) is 47.7 Å². The summed E-state index contributed by atoms with van der Waals surface area (Å²) in [5.74, 6) is 4.08.